The molecule has 2 heterocycles. The molecule has 4 nitrogen and oxygen atoms in total. The van der Waals surface area contributed by atoms with Crippen molar-refractivity contribution in [3.8, 4) is 5.75 Å². The number of rotatable bonds is 4. The highest BCUT2D eigenvalue weighted by molar-refractivity contribution is 5.26. The molecule has 2 aromatic rings. The monoisotopic (exact) mass is 258 g/mol. The number of nitrogens with zero attached hydrogens (tertiary/aromatic N) is 1. The van der Waals surface area contributed by atoms with Crippen LogP contribution in [0.5, 0.6) is 5.75 Å². The van der Waals surface area contributed by atoms with Crippen LogP contribution in [-0.2, 0) is 19.4 Å². The first-order valence-corrected chi connectivity index (χ1v) is 6.69. The van der Waals surface area contributed by atoms with Crippen molar-refractivity contribution in [2.75, 3.05) is 13.2 Å². The summed E-state index contributed by atoms with van der Waals surface area (Å²) < 4.78 is 11.4. The van der Waals surface area contributed by atoms with Gasteiger partial charge >= 0.3 is 0 Å². The molecule has 0 bridgehead atoms. The molecule has 4 heteroatoms. The lowest BCUT2D eigenvalue weighted by Gasteiger charge is -2.08. The smallest absolute Gasteiger partial charge is 0.198 e. The summed E-state index contributed by atoms with van der Waals surface area (Å²) in [7, 11) is 0. The maximum Gasteiger partial charge on any atom is 0.198 e. The van der Waals surface area contributed by atoms with Gasteiger partial charge in [-0.1, -0.05) is 17.7 Å². The maximum atomic E-state index is 5.73. The summed E-state index contributed by atoms with van der Waals surface area (Å²) in [4.78, 5) is 4.49. The molecular formula is C15H18N2O2. The van der Waals surface area contributed by atoms with Gasteiger partial charge in [0.05, 0.1) is 18.7 Å². The van der Waals surface area contributed by atoms with Crippen LogP contribution in [0.1, 0.15) is 22.9 Å². The summed E-state index contributed by atoms with van der Waals surface area (Å²) in [6, 6.07) is 8.06. The van der Waals surface area contributed by atoms with Gasteiger partial charge in [0.15, 0.2) is 5.89 Å². The predicted molar refractivity (Wildman–Crippen MR) is 72.3 cm³/mol. The minimum Gasteiger partial charge on any atom is -0.493 e. The first kappa shape index (κ1) is 12.2. The summed E-state index contributed by atoms with van der Waals surface area (Å²) >= 11 is 0. The van der Waals surface area contributed by atoms with Crippen LogP contribution in [0.3, 0.4) is 0 Å². The third-order valence-corrected chi connectivity index (χ3v) is 3.25. The van der Waals surface area contributed by atoms with Crippen molar-refractivity contribution in [3.05, 3.63) is 47.2 Å². The molecule has 1 N–H and O–H groups in total. The lowest BCUT2D eigenvalue weighted by molar-refractivity contribution is 0.303. The molecule has 0 atom stereocenters. The molecule has 100 valence electrons. The van der Waals surface area contributed by atoms with E-state index in [1.54, 1.807) is 0 Å². The normalized spacial score (nSPS) is 14.2. The molecule has 1 aromatic heterocycles. The number of ether oxygens (including phenoxy) is 1. The van der Waals surface area contributed by atoms with Gasteiger partial charge in [-0.05, 0) is 19.1 Å². The Bertz CT molecular complexity index is 522. The molecule has 0 amide bonds. The third-order valence-electron chi connectivity index (χ3n) is 3.25. The van der Waals surface area contributed by atoms with Gasteiger partial charge in [0.25, 0.3) is 0 Å². The molecule has 1 aliphatic rings. The molecule has 3 rings (SSSR count). The van der Waals surface area contributed by atoms with Gasteiger partial charge in [-0.2, -0.15) is 0 Å². The molecule has 0 aliphatic carbocycles. The molecule has 0 spiro atoms. The zero-order valence-electron chi connectivity index (χ0n) is 11.1. The van der Waals surface area contributed by atoms with E-state index in [1.807, 2.05) is 24.3 Å². The van der Waals surface area contributed by atoms with E-state index in [-0.39, 0.29) is 0 Å². The number of benzene rings is 1. The Morgan fingerprint density at radius 1 is 1.32 bits per heavy atom. The van der Waals surface area contributed by atoms with Gasteiger partial charge in [0, 0.05) is 19.5 Å². The summed E-state index contributed by atoms with van der Waals surface area (Å²) in [5.74, 6) is 2.70. The van der Waals surface area contributed by atoms with Gasteiger partial charge in [0.2, 0.25) is 0 Å². The van der Waals surface area contributed by atoms with Crippen molar-refractivity contribution in [1.82, 2.24) is 10.3 Å². The van der Waals surface area contributed by atoms with E-state index in [0.29, 0.717) is 13.0 Å². The van der Waals surface area contributed by atoms with E-state index in [0.717, 1.165) is 42.6 Å². The largest absolute Gasteiger partial charge is 0.493 e. The number of aromatic nitrogens is 1. The molecule has 0 fully saturated rings. The van der Waals surface area contributed by atoms with Crippen molar-refractivity contribution < 1.29 is 9.15 Å². The zero-order valence-corrected chi connectivity index (χ0v) is 11.1. The highest BCUT2D eigenvalue weighted by Crippen LogP contribution is 2.16. The van der Waals surface area contributed by atoms with E-state index in [1.165, 1.54) is 5.56 Å². The van der Waals surface area contributed by atoms with Crippen LogP contribution in [0.15, 0.2) is 28.7 Å². The quantitative estimate of drug-likeness (QED) is 0.913. The molecule has 1 aromatic carbocycles. The second-order valence-corrected chi connectivity index (χ2v) is 4.82. The molecular weight excluding hydrogens is 240 g/mol. The van der Waals surface area contributed by atoms with Crippen LogP contribution < -0.4 is 10.1 Å². The maximum absolute atomic E-state index is 5.73. The van der Waals surface area contributed by atoms with Crippen LogP contribution in [0, 0.1) is 6.92 Å². The minimum atomic E-state index is 0.593. The van der Waals surface area contributed by atoms with E-state index >= 15 is 0 Å². The highest BCUT2D eigenvalue weighted by atomic mass is 16.5. The Kier molecular flexibility index (Phi) is 3.51. The van der Waals surface area contributed by atoms with Crippen LogP contribution in [-0.4, -0.2) is 18.1 Å². The Balaban J connectivity index is 1.54. The first-order valence-electron chi connectivity index (χ1n) is 6.69. The third kappa shape index (κ3) is 2.96. The fourth-order valence-electron chi connectivity index (χ4n) is 2.18. The number of oxazole rings is 1. The lowest BCUT2D eigenvalue weighted by atomic mass is 10.2. The second kappa shape index (κ2) is 5.45. The second-order valence-electron chi connectivity index (χ2n) is 4.82. The van der Waals surface area contributed by atoms with Crippen molar-refractivity contribution in [1.29, 1.82) is 0 Å². The van der Waals surface area contributed by atoms with Crippen molar-refractivity contribution in [2.24, 2.45) is 0 Å². The molecule has 0 saturated carbocycles. The lowest BCUT2D eigenvalue weighted by Crippen LogP contribution is -2.22. The zero-order chi connectivity index (χ0) is 13.1. The van der Waals surface area contributed by atoms with Crippen LogP contribution in [0.4, 0.5) is 0 Å². The SMILES string of the molecule is Cc1ccc(OCCc2nc3c(o2)CCNC3)cc1. The number of fused-ring (bicyclic) bond motifs is 1. The predicted octanol–water partition coefficient (Wildman–Crippen LogP) is 2.25. The topological polar surface area (TPSA) is 47.3 Å². The fraction of sp³-hybridized carbons (Fsp3) is 0.400. The molecule has 1 aliphatic heterocycles. The van der Waals surface area contributed by atoms with E-state index in [9.17, 15) is 0 Å². The van der Waals surface area contributed by atoms with Gasteiger partial charge in [0.1, 0.15) is 11.5 Å². The van der Waals surface area contributed by atoms with Crippen LogP contribution >= 0.6 is 0 Å². The summed E-state index contributed by atoms with van der Waals surface area (Å²) in [5.41, 5.74) is 2.29. The molecule has 19 heavy (non-hydrogen) atoms. The summed E-state index contributed by atoms with van der Waals surface area (Å²) in [6.07, 6.45) is 1.64. The Morgan fingerprint density at radius 2 is 2.16 bits per heavy atom. The summed E-state index contributed by atoms with van der Waals surface area (Å²) in [5, 5.41) is 3.29. The molecule has 0 radical (unpaired) electrons. The van der Waals surface area contributed by atoms with Gasteiger partial charge in [-0.15, -0.1) is 0 Å². The van der Waals surface area contributed by atoms with E-state index in [2.05, 4.69) is 17.2 Å². The standard InChI is InChI=1S/C15H18N2O2/c1-11-2-4-12(5-3-11)18-9-7-15-17-13-10-16-8-6-14(13)19-15/h2-5,16H,6-10H2,1H3. The van der Waals surface area contributed by atoms with Crippen LogP contribution in [0.2, 0.25) is 0 Å². The molecule has 0 saturated heterocycles. The van der Waals surface area contributed by atoms with Gasteiger partial charge in [-0.3, -0.25) is 0 Å². The van der Waals surface area contributed by atoms with Crippen LogP contribution in [0.25, 0.3) is 0 Å². The number of aryl methyl sites for hydroxylation is 1. The average Bonchev–Trinajstić information content (AvgIpc) is 2.83. The Hall–Kier alpha value is -1.81. The average molecular weight is 258 g/mol. The minimum absolute atomic E-state index is 0.593. The van der Waals surface area contributed by atoms with E-state index < -0.39 is 0 Å². The van der Waals surface area contributed by atoms with Gasteiger partial charge in [-0.25, -0.2) is 4.98 Å². The van der Waals surface area contributed by atoms with Crippen molar-refractivity contribution >= 4 is 0 Å². The first-order chi connectivity index (χ1) is 9.31. The van der Waals surface area contributed by atoms with Gasteiger partial charge < -0.3 is 14.5 Å². The van der Waals surface area contributed by atoms with Crippen molar-refractivity contribution in [3.63, 3.8) is 0 Å². The molecule has 0 unspecified atom stereocenters. The highest BCUT2D eigenvalue weighted by Gasteiger charge is 2.16. The Labute approximate surface area is 112 Å². The number of hydrogen-bond acceptors (Lipinski definition) is 4. The fourth-order valence-corrected chi connectivity index (χ4v) is 2.18. The number of nitrogens with one attached hydrogen (secondary N) is 1. The number of hydrogen-bond donors (Lipinski definition) is 1. The Morgan fingerprint density at radius 3 is 2.95 bits per heavy atom. The van der Waals surface area contributed by atoms with Crippen molar-refractivity contribution in [2.45, 2.75) is 26.3 Å². The summed E-state index contributed by atoms with van der Waals surface area (Å²) in [6.45, 7) is 4.45. The van der Waals surface area contributed by atoms with E-state index in [4.69, 9.17) is 9.15 Å².